The van der Waals surface area contributed by atoms with Crippen molar-refractivity contribution in [3.63, 3.8) is 0 Å². The molecule has 0 bridgehead atoms. The van der Waals surface area contributed by atoms with Gasteiger partial charge in [-0.3, -0.25) is 4.79 Å². The lowest BCUT2D eigenvalue weighted by Gasteiger charge is -2.08. The second-order valence-electron chi connectivity index (χ2n) is 2.98. The van der Waals surface area contributed by atoms with Crippen molar-refractivity contribution in [3.05, 3.63) is 24.0 Å². The number of hydrogen-bond donors (Lipinski definition) is 2. The first-order valence-electron chi connectivity index (χ1n) is 4.56. The molecule has 0 aromatic carbocycles. The summed E-state index contributed by atoms with van der Waals surface area (Å²) in [6.45, 7) is 0.179. The number of carbonyl (C=O) groups is 1. The maximum absolute atomic E-state index is 12.1. The van der Waals surface area contributed by atoms with Crippen LogP contribution in [0.3, 0.4) is 0 Å². The molecular formula is C9H13F2N3O. The standard InChI is InChI=1S/C9H13F2N3O/c10-8(11)6-14-5-1-2-7(14)9(15)13-4-3-12/h1-2,5,8H,3-4,6,12H2,(H,13,15). The van der Waals surface area contributed by atoms with E-state index in [9.17, 15) is 13.6 Å². The van der Waals surface area contributed by atoms with Crippen LogP contribution in [0.2, 0.25) is 0 Å². The van der Waals surface area contributed by atoms with Crippen LogP contribution in [0.5, 0.6) is 0 Å². The van der Waals surface area contributed by atoms with Crippen LogP contribution in [-0.2, 0) is 6.54 Å². The Balaban J connectivity index is 2.67. The molecule has 1 aromatic rings. The summed E-state index contributed by atoms with van der Waals surface area (Å²) in [7, 11) is 0. The van der Waals surface area contributed by atoms with E-state index in [1.807, 2.05) is 0 Å². The maximum atomic E-state index is 12.1. The normalized spacial score (nSPS) is 10.7. The van der Waals surface area contributed by atoms with Gasteiger partial charge in [-0.25, -0.2) is 8.78 Å². The Kier molecular flexibility index (Phi) is 4.23. The lowest BCUT2D eigenvalue weighted by Crippen LogP contribution is -2.30. The number of alkyl halides is 2. The van der Waals surface area contributed by atoms with Gasteiger partial charge in [0, 0.05) is 19.3 Å². The van der Waals surface area contributed by atoms with Crippen molar-refractivity contribution in [2.24, 2.45) is 5.73 Å². The molecular weight excluding hydrogens is 204 g/mol. The number of hydrogen-bond acceptors (Lipinski definition) is 2. The van der Waals surface area contributed by atoms with Crippen LogP contribution in [0.15, 0.2) is 18.3 Å². The number of nitrogens with one attached hydrogen (secondary N) is 1. The van der Waals surface area contributed by atoms with E-state index in [4.69, 9.17) is 5.73 Å². The van der Waals surface area contributed by atoms with Gasteiger partial charge in [-0.05, 0) is 12.1 Å². The van der Waals surface area contributed by atoms with Crippen molar-refractivity contribution in [2.45, 2.75) is 13.0 Å². The summed E-state index contributed by atoms with van der Waals surface area (Å²) in [5.41, 5.74) is 5.43. The molecule has 15 heavy (non-hydrogen) atoms. The Labute approximate surface area is 86.1 Å². The largest absolute Gasteiger partial charge is 0.349 e. The molecule has 1 amide bonds. The second-order valence-corrected chi connectivity index (χ2v) is 2.98. The van der Waals surface area contributed by atoms with Crippen molar-refractivity contribution in [1.29, 1.82) is 0 Å². The SMILES string of the molecule is NCCNC(=O)c1cccn1CC(F)F. The highest BCUT2D eigenvalue weighted by Gasteiger charge is 2.12. The van der Waals surface area contributed by atoms with E-state index in [1.54, 1.807) is 6.07 Å². The van der Waals surface area contributed by atoms with Gasteiger partial charge in [-0.1, -0.05) is 0 Å². The highest BCUT2D eigenvalue weighted by Crippen LogP contribution is 2.06. The molecule has 0 radical (unpaired) electrons. The lowest BCUT2D eigenvalue weighted by molar-refractivity contribution is 0.0932. The molecule has 0 fully saturated rings. The van der Waals surface area contributed by atoms with Crippen LogP contribution in [0.1, 0.15) is 10.5 Å². The highest BCUT2D eigenvalue weighted by atomic mass is 19.3. The third-order valence-corrected chi connectivity index (χ3v) is 1.83. The van der Waals surface area contributed by atoms with Gasteiger partial charge in [-0.2, -0.15) is 0 Å². The summed E-state index contributed by atoms with van der Waals surface area (Å²) in [5, 5.41) is 2.52. The van der Waals surface area contributed by atoms with E-state index < -0.39 is 13.0 Å². The zero-order valence-corrected chi connectivity index (χ0v) is 8.12. The van der Waals surface area contributed by atoms with Crippen LogP contribution in [0.4, 0.5) is 8.78 Å². The third-order valence-electron chi connectivity index (χ3n) is 1.83. The van der Waals surface area contributed by atoms with Crippen molar-refractivity contribution in [3.8, 4) is 0 Å². The van der Waals surface area contributed by atoms with Gasteiger partial charge >= 0.3 is 0 Å². The number of nitrogens with zero attached hydrogens (tertiary/aromatic N) is 1. The average molecular weight is 217 g/mol. The number of rotatable bonds is 5. The average Bonchev–Trinajstić information content (AvgIpc) is 2.61. The first-order valence-corrected chi connectivity index (χ1v) is 4.56. The van der Waals surface area contributed by atoms with E-state index in [2.05, 4.69) is 5.32 Å². The van der Waals surface area contributed by atoms with Gasteiger partial charge in [0.2, 0.25) is 0 Å². The minimum atomic E-state index is -2.47. The second kappa shape index (κ2) is 5.45. The quantitative estimate of drug-likeness (QED) is 0.752. The topological polar surface area (TPSA) is 60.0 Å². The highest BCUT2D eigenvalue weighted by molar-refractivity contribution is 5.92. The predicted octanol–water partition coefficient (Wildman–Crippen LogP) is 0.442. The fourth-order valence-corrected chi connectivity index (χ4v) is 1.20. The molecule has 6 heteroatoms. The molecule has 0 atom stereocenters. The van der Waals surface area contributed by atoms with Crippen LogP contribution in [0.25, 0.3) is 0 Å². The first-order chi connectivity index (χ1) is 7.15. The molecule has 3 N–H and O–H groups in total. The van der Waals surface area contributed by atoms with Gasteiger partial charge < -0.3 is 15.6 Å². The van der Waals surface area contributed by atoms with Crippen molar-refractivity contribution in [1.82, 2.24) is 9.88 Å². The van der Waals surface area contributed by atoms with E-state index in [0.29, 0.717) is 13.1 Å². The summed E-state index contributed by atoms with van der Waals surface area (Å²) < 4.78 is 25.5. The fraction of sp³-hybridized carbons (Fsp3) is 0.444. The molecule has 1 heterocycles. The Morgan fingerprint density at radius 2 is 2.33 bits per heavy atom. The number of amides is 1. The van der Waals surface area contributed by atoms with Crippen molar-refractivity contribution in [2.75, 3.05) is 13.1 Å². The molecule has 1 rings (SSSR count). The molecule has 84 valence electrons. The molecule has 0 aliphatic heterocycles. The van der Waals surface area contributed by atoms with Crippen LogP contribution < -0.4 is 11.1 Å². The smallest absolute Gasteiger partial charge is 0.267 e. The van der Waals surface area contributed by atoms with E-state index in [0.717, 1.165) is 0 Å². The van der Waals surface area contributed by atoms with Crippen LogP contribution >= 0.6 is 0 Å². The molecule has 0 spiro atoms. The van der Waals surface area contributed by atoms with Crippen molar-refractivity contribution >= 4 is 5.91 Å². The van der Waals surface area contributed by atoms with Crippen LogP contribution in [-0.4, -0.2) is 30.0 Å². The third kappa shape index (κ3) is 3.32. The molecule has 1 aromatic heterocycles. The predicted molar refractivity (Wildman–Crippen MR) is 51.8 cm³/mol. The summed E-state index contributed by atoms with van der Waals surface area (Å²) in [6, 6.07) is 3.05. The Bertz CT molecular complexity index is 325. The Morgan fingerprint density at radius 1 is 1.60 bits per heavy atom. The van der Waals surface area contributed by atoms with Crippen molar-refractivity contribution < 1.29 is 13.6 Å². The molecule has 0 saturated carbocycles. The Hall–Kier alpha value is -1.43. The molecule has 0 unspecified atom stereocenters. The van der Waals surface area contributed by atoms with E-state index >= 15 is 0 Å². The van der Waals surface area contributed by atoms with Gasteiger partial charge in [0.15, 0.2) is 0 Å². The van der Waals surface area contributed by atoms with Gasteiger partial charge in [-0.15, -0.1) is 0 Å². The molecule has 0 aliphatic rings. The van der Waals surface area contributed by atoms with Gasteiger partial charge in [0.1, 0.15) is 5.69 Å². The number of aromatic nitrogens is 1. The zero-order chi connectivity index (χ0) is 11.3. The summed E-state index contributed by atoms with van der Waals surface area (Å²) in [5.74, 6) is -0.383. The molecule has 0 aliphatic carbocycles. The molecule has 4 nitrogen and oxygen atoms in total. The number of carbonyl (C=O) groups excluding carboxylic acids is 1. The fourth-order valence-electron chi connectivity index (χ4n) is 1.20. The first kappa shape index (κ1) is 11.6. The lowest BCUT2D eigenvalue weighted by atomic mass is 10.4. The summed E-state index contributed by atoms with van der Waals surface area (Å²) in [4.78, 5) is 11.4. The van der Waals surface area contributed by atoms with Crippen LogP contribution in [0, 0.1) is 0 Å². The van der Waals surface area contributed by atoms with Gasteiger partial charge in [0.05, 0.1) is 6.54 Å². The summed E-state index contributed by atoms with van der Waals surface area (Å²) >= 11 is 0. The minimum Gasteiger partial charge on any atom is -0.349 e. The monoisotopic (exact) mass is 217 g/mol. The number of halogens is 2. The molecule has 0 saturated heterocycles. The maximum Gasteiger partial charge on any atom is 0.267 e. The minimum absolute atomic E-state index is 0.226. The zero-order valence-electron chi connectivity index (χ0n) is 8.12. The van der Waals surface area contributed by atoms with E-state index in [1.165, 1.54) is 16.8 Å². The summed E-state index contributed by atoms with van der Waals surface area (Å²) in [6.07, 6.45) is -1.03. The Morgan fingerprint density at radius 3 is 2.93 bits per heavy atom. The number of nitrogens with two attached hydrogens (primary N) is 1. The van der Waals surface area contributed by atoms with E-state index in [-0.39, 0.29) is 11.6 Å². The van der Waals surface area contributed by atoms with Gasteiger partial charge in [0.25, 0.3) is 12.3 Å².